The Morgan fingerprint density at radius 2 is 1.52 bits per heavy atom. The van der Waals surface area contributed by atoms with Crippen molar-refractivity contribution in [1.82, 2.24) is 14.8 Å². The Morgan fingerprint density at radius 1 is 0.796 bits per heavy atom. The third-order valence-corrected chi connectivity index (χ3v) is 9.03. The summed E-state index contributed by atoms with van der Waals surface area (Å²) in [5, 5.41) is 0. The van der Waals surface area contributed by atoms with Gasteiger partial charge in [0, 0.05) is 62.9 Å². The molecular weight excluding hydrogens is 715 g/mol. The first-order chi connectivity index (χ1) is 25.7. The van der Waals surface area contributed by atoms with Gasteiger partial charge in [0.25, 0.3) is 0 Å². The molecule has 6 rings (SSSR count). The first kappa shape index (κ1) is 39.9. The number of ether oxygens (including phenoxy) is 3. The molecule has 1 amide bonds. The highest BCUT2D eigenvalue weighted by molar-refractivity contribution is 5.91. The molecule has 4 aromatic carbocycles. The molecule has 7 nitrogen and oxygen atoms in total. The Kier molecular flexibility index (Phi) is 14.1. The van der Waals surface area contributed by atoms with E-state index in [0.717, 1.165) is 43.9 Å². The summed E-state index contributed by atoms with van der Waals surface area (Å²) in [6.45, 7) is 8.40. The molecule has 0 spiro atoms. The third kappa shape index (κ3) is 11.3. The highest BCUT2D eigenvalue weighted by Gasteiger charge is 2.20. The zero-order valence-electron chi connectivity index (χ0n) is 30.2. The fourth-order valence-corrected chi connectivity index (χ4v) is 5.83. The van der Waals surface area contributed by atoms with E-state index >= 15 is 0 Å². The van der Waals surface area contributed by atoms with E-state index in [0.29, 0.717) is 36.9 Å². The first-order valence-corrected chi connectivity index (χ1v) is 17.7. The van der Waals surface area contributed by atoms with Crippen molar-refractivity contribution < 1.29 is 32.2 Å². The van der Waals surface area contributed by atoms with Crippen molar-refractivity contribution >= 4 is 24.4 Å². The van der Waals surface area contributed by atoms with E-state index in [2.05, 4.69) is 60.1 Å². The number of piperazine rings is 1. The van der Waals surface area contributed by atoms with Crippen molar-refractivity contribution in [1.29, 1.82) is 0 Å². The van der Waals surface area contributed by atoms with E-state index < -0.39 is 17.5 Å². The monoisotopic (exact) mass is 757 g/mol. The largest absolute Gasteiger partial charge is 0.493 e. The molecule has 0 atom stereocenters. The van der Waals surface area contributed by atoms with Gasteiger partial charge in [0.15, 0.2) is 11.6 Å². The van der Waals surface area contributed by atoms with Crippen LogP contribution < -0.4 is 14.2 Å². The molecule has 11 heteroatoms. The summed E-state index contributed by atoms with van der Waals surface area (Å²) < 4.78 is 58.9. The number of nitrogens with zero attached hydrogens (tertiary/aromatic N) is 3. The molecule has 0 radical (unpaired) electrons. The fraction of sp³-hybridized carbons (Fsp3) is 0.256. The summed E-state index contributed by atoms with van der Waals surface area (Å²) >= 11 is 0. The van der Waals surface area contributed by atoms with Gasteiger partial charge in [0.2, 0.25) is 11.8 Å². The van der Waals surface area contributed by atoms with Crippen LogP contribution in [0, 0.1) is 17.5 Å². The van der Waals surface area contributed by atoms with Gasteiger partial charge in [-0.15, -0.1) is 12.4 Å². The summed E-state index contributed by atoms with van der Waals surface area (Å²) in [7, 11) is 0. The molecule has 0 aliphatic carbocycles. The number of hydrogen-bond acceptors (Lipinski definition) is 6. The van der Waals surface area contributed by atoms with E-state index in [4.69, 9.17) is 14.2 Å². The number of rotatable bonds is 14. The average Bonchev–Trinajstić information content (AvgIpc) is 3.16. The van der Waals surface area contributed by atoms with Gasteiger partial charge >= 0.3 is 0 Å². The normalized spacial score (nSPS) is 13.2. The summed E-state index contributed by atoms with van der Waals surface area (Å²) in [5.41, 5.74) is 4.51. The van der Waals surface area contributed by atoms with Gasteiger partial charge in [-0.2, -0.15) is 0 Å². The van der Waals surface area contributed by atoms with Crippen LogP contribution in [0.2, 0.25) is 0 Å². The quantitative estimate of drug-likeness (QED) is 0.105. The minimum Gasteiger partial charge on any atom is -0.493 e. The molecule has 5 aromatic rings. The maximum Gasteiger partial charge on any atom is 0.246 e. The summed E-state index contributed by atoms with van der Waals surface area (Å²) in [6.07, 6.45) is 5.27. The second-order valence-electron chi connectivity index (χ2n) is 13.2. The Balaban J connectivity index is 0.00000561. The SMILES string of the molecule is CC(C)c1ccc(CCOc2ccc(CN3CCN(C(=O)C=Cc4ccc(Oc5ccc(OCc6ccc(F)cc6F)cn5)c(F)c4)CC3)cc2)cc1.Cl. The van der Waals surface area contributed by atoms with Gasteiger partial charge in [-0.3, -0.25) is 9.69 Å². The molecule has 1 saturated heterocycles. The predicted molar refractivity (Wildman–Crippen MR) is 206 cm³/mol. The molecule has 282 valence electrons. The van der Waals surface area contributed by atoms with Gasteiger partial charge in [-0.25, -0.2) is 18.2 Å². The molecule has 0 bridgehead atoms. The molecule has 54 heavy (non-hydrogen) atoms. The lowest BCUT2D eigenvalue weighted by Gasteiger charge is -2.34. The van der Waals surface area contributed by atoms with Crippen LogP contribution in [-0.2, 0) is 24.4 Å². The zero-order valence-corrected chi connectivity index (χ0v) is 31.0. The van der Waals surface area contributed by atoms with Crippen LogP contribution in [0.5, 0.6) is 23.1 Å². The number of benzene rings is 4. The van der Waals surface area contributed by atoms with Crippen LogP contribution in [-0.4, -0.2) is 53.5 Å². The summed E-state index contributed by atoms with van der Waals surface area (Å²) in [5.74, 6) is -0.313. The average molecular weight is 758 g/mol. The maximum absolute atomic E-state index is 14.9. The number of carbonyl (C=O) groups excluding carboxylic acids is 1. The lowest BCUT2D eigenvalue weighted by atomic mass is 10.0. The van der Waals surface area contributed by atoms with E-state index in [9.17, 15) is 18.0 Å². The van der Waals surface area contributed by atoms with E-state index in [1.165, 1.54) is 53.2 Å². The number of carbonyl (C=O) groups is 1. The summed E-state index contributed by atoms with van der Waals surface area (Å²) in [4.78, 5) is 21.1. The van der Waals surface area contributed by atoms with Gasteiger partial charge in [-0.1, -0.05) is 56.3 Å². The van der Waals surface area contributed by atoms with E-state index in [-0.39, 0.29) is 42.1 Å². The third-order valence-electron chi connectivity index (χ3n) is 9.03. The molecular formula is C43H43ClF3N3O4. The number of amides is 1. The molecule has 2 heterocycles. The fourth-order valence-electron chi connectivity index (χ4n) is 5.83. The Labute approximate surface area is 320 Å². The van der Waals surface area contributed by atoms with Crippen molar-refractivity contribution in [2.24, 2.45) is 0 Å². The Bertz CT molecular complexity index is 2000. The molecule has 1 fully saturated rings. The predicted octanol–water partition coefficient (Wildman–Crippen LogP) is 9.39. The minimum absolute atomic E-state index is 0. The molecule has 0 saturated carbocycles. The van der Waals surface area contributed by atoms with E-state index in [1.807, 2.05) is 12.1 Å². The second-order valence-corrected chi connectivity index (χ2v) is 13.2. The lowest BCUT2D eigenvalue weighted by Crippen LogP contribution is -2.47. The lowest BCUT2D eigenvalue weighted by molar-refractivity contribution is -0.127. The topological polar surface area (TPSA) is 64.1 Å². The van der Waals surface area contributed by atoms with Gasteiger partial charge in [0.1, 0.15) is 29.7 Å². The van der Waals surface area contributed by atoms with Crippen LogP contribution in [0.3, 0.4) is 0 Å². The summed E-state index contributed by atoms with van der Waals surface area (Å²) in [6, 6.07) is 27.6. The second kappa shape index (κ2) is 19.1. The number of aromatic nitrogens is 1. The Morgan fingerprint density at radius 3 is 2.19 bits per heavy atom. The molecule has 1 aliphatic rings. The smallest absolute Gasteiger partial charge is 0.246 e. The minimum atomic E-state index is -0.704. The van der Waals surface area contributed by atoms with Gasteiger partial charge < -0.3 is 19.1 Å². The maximum atomic E-state index is 14.9. The van der Waals surface area contributed by atoms with Crippen molar-refractivity contribution in [2.75, 3.05) is 32.8 Å². The van der Waals surface area contributed by atoms with Crippen molar-refractivity contribution in [3.8, 4) is 23.1 Å². The molecule has 0 N–H and O–H groups in total. The van der Waals surface area contributed by atoms with Crippen molar-refractivity contribution in [2.45, 2.75) is 39.3 Å². The van der Waals surface area contributed by atoms with Crippen LogP contribution in [0.15, 0.2) is 109 Å². The molecule has 0 unspecified atom stereocenters. The standard InChI is InChI=1S/C43H42F3N3O4.ClH/c1-30(2)34-9-3-31(4-10-34)19-24-51-37-13-5-33(6-14-37)28-48-20-22-49(23-21-48)43(50)18-8-32-7-16-41(40(46)25-32)53-42-17-15-38(27-47-42)52-29-35-11-12-36(44)26-39(35)45;/h3-18,25-27,30H,19-24,28-29H2,1-2H3;1H. The van der Waals surface area contributed by atoms with Crippen molar-refractivity contribution in [3.05, 3.63) is 155 Å². The molecule has 1 aromatic heterocycles. The van der Waals surface area contributed by atoms with Crippen LogP contribution in [0.4, 0.5) is 13.2 Å². The highest BCUT2D eigenvalue weighted by atomic mass is 35.5. The number of pyridine rings is 1. The van der Waals surface area contributed by atoms with Crippen LogP contribution in [0.1, 0.15) is 47.6 Å². The number of hydrogen-bond donors (Lipinski definition) is 0. The van der Waals surface area contributed by atoms with Crippen LogP contribution >= 0.6 is 12.4 Å². The van der Waals surface area contributed by atoms with Crippen molar-refractivity contribution in [3.63, 3.8) is 0 Å². The van der Waals surface area contributed by atoms with E-state index in [1.54, 1.807) is 23.1 Å². The zero-order chi connectivity index (χ0) is 37.2. The Hall–Kier alpha value is -5.32. The van der Waals surface area contributed by atoms with Crippen LogP contribution in [0.25, 0.3) is 6.08 Å². The van der Waals surface area contributed by atoms with Gasteiger partial charge in [0.05, 0.1) is 12.8 Å². The number of halogens is 4. The molecule has 1 aliphatic heterocycles. The van der Waals surface area contributed by atoms with Gasteiger partial charge in [-0.05, 0) is 76.7 Å². The highest BCUT2D eigenvalue weighted by Crippen LogP contribution is 2.26. The first-order valence-electron chi connectivity index (χ1n) is 17.7.